The van der Waals surface area contributed by atoms with Gasteiger partial charge in [0, 0.05) is 6.42 Å². The molecule has 0 aromatic carbocycles. The van der Waals surface area contributed by atoms with Crippen molar-refractivity contribution < 1.29 is 9.53 Å². The zero-order chi connectivity index (χ0) is 11.0. The molecule has 0 aliphatic rings. The van der Waals surface area contributed by atoms with Crippen LogP contribution in [0.25, 0.3) is 0 Å². The Balaban J connectivity index is 4.65. The van der Waals surface area contributed by atoms with Crippen LogP contribution in [0.5, 0.6) is 0 Å². The first-order valence-corrected chi connectivity index (χ1v) is 4.85. The molecule has 0 rings (SSSR count). The van der Waals surface area contributed by atoms with Gasteiger partial charge in [-0.25, -0.2) is 4.79 Å². The van der Waals surface area contributed by atoms with Gasteiger partial charge in [0.25, 0.3) is 0 Å². The van der Waals surface area contributed by atoms with Crippen LogP contribution in [0.2, 0.25) is 0 Å². The van der Waals surface area contributed by atoms with Crippen molar-refractivity contribution >= 4 is 5.97 Å². The predicted octanol–water partition coefficient (Wildman–Crippen LogP) is 2.86. The van der Waals surface area contributed by atoms with Crippen LogP contribution >= 0.6 is 0 Å². The van der Waals surface area contributed by atoms with Gasteiger partial charge in [-0.2, -0.15) is 0 Å². The van der Waals surface area contributed by atoms with E-state index in [9.17, 15) is 4.79 Å². The van der Waals surface area contributed by atoms with Gasteiger partial charge in [-0.3, -0.25) is 0 Å². The average molecular weight is 194 g/mol. The van der Waals surface area contributed by atoms with Crippen molar-refractivity contribution in [3.05, 3.63) is 30.0 Å². The van der Waals surface area contributed by atoms with E-state index in [1.54, 1.807) is 13.0 Å². The third-order valence-electron chi connectivity index (χ3n) is 1.46. The van der Waals surface area contributed by atoms with Gasteiger partial charge >= 0.3 is 5.97 Å². The summed E-state index contributed by atoms with van der Waals surface area (Å²) in [5.74, 6) is 0.0774. The summed E-state index contributed by atoms with van der Waals surface area (Å²) in [6, 6.07) is 0. The summed E-state index contributed by atoms with van der Waals surface area (Å²) < 4.78 is 4.88. The van der Waals surface area contributed by atoms with Crippen molar-refractivity contribution in [1.29, 1.82) is 0 Å². The lowest BCUT2D eigenvalue weighted by atomic mass is 10.1. The number of hydrogen-bond acceptors (Lipinski definition) is 2. The summed E-state index contributed by atoms with van der Waals surface area (Å²) in [7, 11) is 0. The minimum absolute atomic E-state index is 0.302. The van der Waals surface area contributed by atoms with Crippen LogP contribution in [0, 0.1) is 5.92 Å². The molecule has 0 radical (unpaired) electrons. The summed E-state index contributed by atoms with van der Waals surface area (Å²) in [5, 5.41) is 0. The minimum Gasteiger partial charge on any atom is -0.462 e. The molecule has 0 saturated carbocycles. The number of carbonyl (C=O) groups excluding carboxylic acids is 1. The van der Waals surface area contributed by atoms with E-state index >= 15 is 0 Å². The van der Waals surface area contributed by atoms with Gasteiger partial charge < -0.3 is 4.74 Å². The second-order valence-electron chi connectivity index (χ2n) is 3.25. The highest BCUT2D eigenvalue weighted by Crippen LogP contribution is 2.04. The Morgan fingerprint density at radius 3 is 2.64 bits per heavy atom. The van der Waals surface area contributed by atoms with Crippen LogP contribution < -0.4 is 0 Å². The van der Waals surface area contributed by atoms with Gasteiger partial charge in [0.1, 0.15) is 0 Å². The summed E-state index contributed by atoms with van der Waals surface area (Å²) in [4.78, 5) is 11.4. The third kappa shape index (κ3) is 5.39. The van der Waals surface area contributed by atoms with Crippen molar-refractivity contribution in [2.75, 3.05) is 6.61 Å². The maximum Gasteiger partial charge on any atom is 0.342 e. The first kappa shape index (κ1) is 12.7. The fourth-order valence-corrected chi connectivity index (χ4v) is 0.831. The molecule has 0 unspecified atom stereocenters. The van der Waals surface area contributed by atoms with Crippen molar-refractivity contribution in [2.24, 2.45) is 5.92 Å². The molecule has 0 N–H and O–H groups in total. The molecule has 2 nitrogen and oxygen atoms in total. The molecule has 2 heteroatoms. The number of ether oxygens (including phenoxy) is 1. The van der Waals surface area contributed by atoms with Crippen molar-refractivity contribution in [1.82, 2.24) is 0 Å². The molecule has 0 aliphatic heterocycles. The van der Waals surface area contributed by atoms with Gasteiger partial charge in [-0.15, -0.1) is 12.3 Å². The van der Waals surface area contributed by atoms with E-state index < -0.39 is 0 Å². The van der Waals surface area contributed by atoms with Crippen molar-refractivity contribution in [2.45, 2.75) is 27.2 Å². The molecular formula is C12H18O2. The Morgan fingerprint density at radius 1 is 1.57 bits per heavy atom. The molecule has 14 heavy (non-hydrogen) atoms. The SMILES string of the molecule is C=CCC(=C=CC(C)C)C(=O)OCC. The van der Waals surface area contributed by atoms with Crippen LogP contribution in [0.4, 0.5) is 0 Å². The normalized spacial score (nSPS) is 9.14. The van der Waals surface area contributed by atoms with Crippen LogP contribution in [0.15, 0.2) is 30.0 Å². The summed E-state index contributed by atoms with van der Waals surface area (Å²) in [5.41, 5.74) is 3.49. The lowest BCUT2D eigenvalue weighted by molar-refractivity contribution is -0.138. The number of hydrogen-bond donors (Lipinski definition) is 0. The fraction of sp³-hybridized carbons (Fsp3) is 0.500. The average Bonchev–Trinajstić information content (AvgIpc) is 2.12. The summed E-state index contributed by atoms with van der Waals surface area (Å²) >= 11 is 0. The van der Waals surface area contributed by atoms with Gasteiger partial charge in [0.05, 0.1) is 12.2 Å². The van der Waals surface area contributed by atoms with Gasteiger partial charge in [0.15, 0.2) is 0 Å². The standard InChI is InChI=1S/C12H18O2/c1-5-7-11(9-8-10(3)4)12(13)14-6-2/h5,8,10H,1,6-7H2,2-4H3. The van der Waals surface area contributed by atoms with E-state index in [0.29, 0.717) is 24.5 Å². The topological polar surface area (TPSA) is 26.3 Å². The van der Waals surface area contributed by atoms with Gasteiger partial charge in [-0.05, 0) is 18.9 Å². The lowest BCUT2D eigenvalue weighted by Crippen LogP contribution is -2.06. The van der Waals surface area contributed by atoms with Gasteiger partial charge in [0.2, 0.25) is 0 Å². The number of allylic oxidation sites excluding steroid dienone is 1. The number of esters is 1. The Kier molecular flexibility index (Phi) is 6.51. The molecule has 0 atom stereocenters. The maximum atomic E-state index is 11.4. The van der Waals surface area contributed by atoms with E-state index in [1.165, 1.54) is 0 Å². The molecule has 0 aromatic heterocycles. The Morgan fingerprint density at radius 2 is 2.21 bits per heavy atom. The van der Waals surface area contributed by atoms with Crippen molar-refractivity contribution in [3.63, 3.8) is 0 Å². The van der Waals surface area contributed by atoms with Gasteiger partial charge in [-0.1, -0.05) is 19.9 Å². The summed E-state index contributed by atoms with van der Waals surface area (Å²) in [6.07, 6.45) is 4.03. The molecule has 0 heterocycles. The maximum absolute atomic E-state index is 11.4. The molecule has 0 saturated heterocycles. The number of rotatable bonds is 5. The molecule has 0 spiro atoms. The molecule has 78 valence electrons. The Hall–Kier alpha value is -1.27. The fourth-order valence-electron chi connectivity index (χ4n) is 0.831. The van der Waals surface area contributed by atoms with Crippen molar-refractivity contribution in [3.8, 4) is 0 Å². The van der Waals surface area contributed by atoms with Crippen LogP contribution in [-0.2, 0) is 9.53 Å². The Labute approximate surface area is 86.0 Å². The molecule has 0 amide bonds. The van der Waals surface area contributed by atoms with E-state index in [0.717, 1.165) is 0 Å². The highest BCUT2D eigenvalue weighted by molar-refractivity contribution is 5.88. The first-order chi connectivity index (χ1) is 6.61. The highest BCUT2D eigenvalue weighted by atomic mass is 16.5. The smallest absolute Gasteiger partial charge is 0.342 e. The minimum atomic E-state index is -0.302. The zero-order valence-electron chi connectivity index (χ0n) is 9.17. The monoisotopic (exact) mass is 194 g/mol. The third-order valence-corrected chi connectivity index (χ3v) is 1.46. The second-order valence-corrected chi connectivity index (χ2v) is 3.25. The van der Waals surface area contributed by atoms with E-state index in [-0.39, 0.29) is 5.97 Å². The van der Waals surface area contributed by atoms with Crippen LogP contribution in [-0.4, -0.2) is 12.6 Å². The molecule has 0 bridgehead atoms. The van der Waals surface area contributed by atoms with Crippen LogP contribution in [0.1, 0.15) is 27.2 Å². The predicted molar refractivity (Wildman–Crippen MR) is 57.9 cm³/mol. The molecular weight excluding hydrogens is 176 g/mol. The Bertz CT molecular complexity index is 255. The first-order valence-electron chi connectivity index (χ1n) is 4.85. The molecule has 0 fully saturated rings. The van der Waals surface area contributed by atoms with E-state index in [4.69, 9.17) is 4.74 Å². The second kappa shape index (κ2) is 7.16. The largest absolute Gasteiger partial charge is 0.462 e. The molecule has 0 aromatic rings. The van der Waals surface area contributed by atoms with E-state index in [2.05, 4.69) is 12.3 Å². The van der Waals surface area contributed by atoms with E-state index in [1.807, 2.05) is 19.9 Å². The van der Waals surface area contributed by atoms with Crippen LogP contribution in [0.3, 0.4) is 0 Å². The highest BCUT2D eigenvalue weighted by Gasteiger charge is 2.07. The zero-order valence-corrected chi connectivity index (χ0v) is 9.17. The quantitative estimate of drug-likeness (QED) is 0.291. The molecule has 0 aliphatic carbocycles. The number of carbonyl (C=O) groups is 1. The lowest BCUT2D eigenvalue weighted by Gasteiger charge is -2.01. The summed E-state index contributed by atoms with van der Waals surface area (Å²) in [6.45, 7) is 9.83.